The third kappa shape index (κ3) is 4.21. The van der Waals surface area contributed by atoms with Gasteiger partial charge in [-0.2, -0.15) is 0 Å². The Labute approximate surface area is 112 Å². The van der Waals surface area contributed by atoms with Gasteiger partial charge in [0.05, 0.1) is 12.3 Å². The second kappa shape index (κ2) is 7.31. The summed E-state index contributed by atoms with van der Waals surface area (Å²) >= 11 is 0. The molecule has 1 aromatic rings. The van der Waals surface area contributed by atoms with E-state index in [1.54, 1.807) is 19.9 Å². The highest BCUT2D eigenvalue weighted by atomic mass is 16.5. The lowest BCUT2D eigenvalue weighted by Crippen LogP contribution is -2.08. The van der Waals surface area contributed by atoms with Gasteiger partial charge in [-0.25, -0.2) is 4.79 Å². The van der Waals surface area contributed by atoms with Crippen LogP contribution >= 0.6 is 0 Å². The quantitative estimate of drug-likeness (QED) is 0.379. The minimum Gasteiger partial charge on any atom is -0.510 e. The lowest BCUT2D eigenvalue weighted by molar-refractivity contribution is -0.138. The maximum atomic E-state index is 11.7. The maximum Gasteiger partial charge on any atom is 0.362 e. The van der Waals surface area contributed by atoms with Crippen LogP contribution in [-0.2, 0) is 9.53 Å². The summed E-state index contributed by atoms with van der Waals surface area (Å²) in [6, 6.07) is 7.39. The zero-order valence-electron chi connectivity index (χ0n) is 11.4. The van der Waals surface area contributed by atoms with Crippen molar-refractivity contribution in [3.63, 3.8) is 0 Å². The number of aliphatic hydroxyl groups is 1. The molecule has 0 amide bonds. The van der Waals surface area contributed by atoms with E-state index in [1.807, 2.05) is 25.1 Å². The second-order valence-corrected chi connectivity index (χ2v) is 3.86. The molecule has 0 aliphatic heterocycles. The number of ether oxygens (including phenoxy) is 1. The van der Waals surface area contributed by atoms with Crippen LogP contribution in [0.1, 0.15) is 25.8 Å². The van der Waals surface area contributed by atoms with Crippen LogP contribution in [0.4, 0.5) is 5.69 Å². The zero-order valence-corrected chi connectivity index (χ0v) is 11.4. The number of carbonyl (C=O) groups is 1. The highest BCUT2D eigenvalue weighted by Crippen LogP contribution is 2.20. The summed E-state index contributed by atoms with van der Waals surface area (Å²) in [5, 5.41) is 17.5. The molecule has 5 heteroatoms. The minimum atomic E-state index is -0.667. The summed E-state index contributed by atoms with van der Waals surface area (Å²) < 4.78 is 4.84. The molecule has 0 saturated carbocycles. The van der Waals surface area contributed by atoms with Gasteiger partial charge >= 0.3 is 5.97 Å². The first-order valence-electron chi connectivity index (χ1n) is 6.16. The van der Waals surface area contributed by atoms with E-state index in [0.717, 1.165) is 5.56 Å². The first-order chi connectivity index (χ1) is 9.10. The molecule has 5 nitrogen and oxygen atoms in total. The Hall–Kier alpha value is -2.17. The normalized spacial score (nSPS) is 12.4. The number of aryl methyl sites for hydroxylation is 1. The molecule has 0 aliphatic rings. The smallest absolute Gasteiger partial charge is 0.362 e. The number of rotatable bonds is 5. The lowest BCUT2D eigenvalue weighted by atomic mass is 10.2. The third-order valence-corrected chi connectivity index (χ3v) is 2.45. The monoisotopic (exact) mass is 262 g/mol. The van der Waals surface area contributed by atoms with Gasteiger partial charge in [-0.1, -0.05) is 25.1 Å². The van der Waals surface area contributed by atoms with Gasteiger partial charge < -0.3 is 9.84 Å². The molecule has 0 unspecified atom stereocenters. The number of allylic oxidation sites excluding steroid dienone is 1. The Bertz CT molecular complexity index is 507. The van der Waals surface area contributed by atoms with E-state index < -0.39 is 5.97 Å². The van der Waals surface area contributed by atoms with Crippen molar-refractivity contribution >= 4 is 11.7 Å². The number of carbonyl (C=O) groups excluding carboxylic acids is 1. The Morgan fingerprint density at radius 3 is 2.58 bits per heavy atom. The highest BCUT2D eigenvalue weighted by Gasteiger charge is 2.15. The molecule has 0 saturated heterocycles. The summed E-state index contributed by atoms with van der Waals surface area (Å²) in [6.07, 6.45) is 0.293. The molecule has 102 valence electrons. The summed E-state index contributed by atoms with van der Waals surface area (Å²) in [5.41, 5.74) is 1.44. The Morgan fingerprint density at radius 1 is 1.32 bits per heavy atom. The van der Waals surface area contributed by atoms with Crippen LogP contribution in [0.25, 0.3) is 0 Å². The summed E-state index contributed by atoms with van der Waals surface area (Å²) in [6.45, 7) is 5.52. The number of nitrogens with zero attached hydrogens (tertiary/aromatic N) is 2. The fraction of sp³-hybridized carbons (Fsp3) is 0.357. The molecule has 0 fully saturated rings. The average molecular weight is 262 g/mol. The van der Waals surface area contributed by atoms with Crippen molar-refractivity contribution in [2.75, 3.05) is 6.61 Å². The summed E-state index contributed by atoms with van der Waals surface area (Å²) in [5.74, 6) is -0.796. The predicted molar refractivity (Wildman–Crippen MR) is 72.3 cm³/mol. The molecule has 19 heavy (non-hydrogen) atoms. The molecule has 1 aromatic carbocycles. The van der Waals surface area contributed by atoms with Crippen LogP contribution in [0, 0.1) is 6.92 Å². The van der Waals surface area contributed by atoms with Crippen LogP contribution in [0.15, 0.2) is 46.0 Å². The number of hydrogen-bond acceptors (Lipinski definition) is 5. The molecule has 0 atom stereocenters. The fourth-order valence-corrected chi connectivity index (χ4v) is 1.36. The molecule has 0 aromatic heterocycles. The van der Waals surface area contributed by atoms with Crippen molar-refractivity contribution in [1.29, 1.82) is 0 Å². The van der Waals surface area contributed by atoms with Gasteiger partial charge in [0.15, 0.2) is 0 Å². The predicted octanol–water partition coefficient (Wildman–Crippen LogP) is 3.82. The standard InChI is InChI=1S/C14H18N2O3/c1-4-12(17)13(14(18)19-5-2)16-15-11-9-7-6-8-10(11)3/h6-9,17H,4-5H2,1-3H3. The van der Waals surface area contributed by atoms with Gasteiger partial charge in [0, 0.05) is 6.42 Å². The average Bonchev–Trinajstić information content (AvgIpc) is 2.41. The zero-order chi connectivity index (χ0) is 14.3. The summed E-state index contributed by atoms with van der Waals surface area (Å²) in [4.78, 5) is 11.7. The summed E-state index contributed by atoms with van der Waals surface area (Å²) in [7, 11) is 0. The third-order valence-electron chi connectivity index (χ3n) is 2.45. The second-order valence-electron chi connectivity index (χ2n) is 3.86. The van der Waals surface area contributed by atoms with E-state index in [1.165, 1.54) is 0 Å². The largest absolute Gasteiger partial charge is 0.510 e. The van der Waals surface area contributed by atoms with E-state index >= 15 is 0 Å². The van der Waals surface area contributed by atoms with Crippen LogP contribution < -0.4 is 0 Å². The number of hydrogen-bond donors (Lipinski definition) is 1. The first kappa shape index (κ1) is 14.9. The number of azo groups is 1. The molecule has 1 N–H and O–H groups in total. The Morgan fingerprint density at radius 2 is 2.00 bits per heavy atom. The Balaban J connectivity index is 3.03. The van der Waals surface area contributed by atoms with Crippen LogP contribution in [-0.4, -0.2) is 17.7 Å². The van der Waals surface area contributed by atoms with Gasteiger partial charge in [-0.3, -0.25) is 0 Å². The van der Waals surface area contributed by atoms with Gasteiger partial charge in [0.2, 0.25) is 5.70 Å². The van der Waals surface area contributed by atoms with Crippen molar-refractivity contribution < 1.29 is 14.6 Å². The van der Waals surface area contributed by atoms with E-state index in [4.69, 9.17) is 4.74 Å². The minimum absolute atomic E-state index is 0.129. The van der Waals surface area contributed by atoms with Gasteiger partial charge in [0.1, 0.15) is 5.76 Å². The van der Waals surface area contributed by atoms with Crippen LogP contribution in [0.5, 0.6) is 0 Å². The Kier molecular flexibility index (Phi) is 5.73. The van der Waals surface area contributed by atoms with Gasteiger partial charge in [-0.05, 0) is 25.5 Å². The van der Waals surface area contributed by atoms with E-state index in [2.05, 4.69) is 10.2 Å². The van der Waals surface area contributed by atoms with E-state index in [-0.39, 0.29) is 18.1 Å². The van der Waals surface area contributed by atoms with Gasteiger partial charge in [-0.15, -0.1) is 10.2 Å². The molecule has 0 heterocycles. The first-order valence-corrected chi connectivity index (χ1v) is 6.16. The highest BCUT2D eigenvalue weighted by molar-refractivity contribution is 5.88. The van der Waals surface area contributed by atoms with Crippen molar-refractivity contribution in [2.45, 2.75) is 27.2 Å². The van der Waals surface area contributed by atoms with Crippen molar-refractivity contribution in [3.8, 4) is 0 Å². The fourth-order valence-electron chi connectivity index (χ4n) is 1.36. The SMILES string of the molecule is CCOC(=O)C(N=Nc1ccccc1C)=C(O)CC. The molecule has 0 radical (unpaired) electrons. The van der Waals surface area contributed by atoms with E-state index in [0.29, 0.717) is 12.1 Å². The molecule has 1 rings (SSSR count). The topological polar surface area (TPSA) is 71.2 Å². The van der Waals surface area contributed by atoms with E-state index in [9.17, 15) is 9.90 Å². The lowest BCUT2D eigenvalue weighted by Gasteiger charge is -2.04. The number of esters is 1. The molecule has 0 spiro atoms. The van der Waals surface area contributed by atoms with Crippen molar-refractivity contribution in [2.24, 2.45) is 10.2 Å². The van der Waals surface area contributed by atoms with Crippen LogP contribution in [0.2, 0.25) is 0 Å². The maximum absolute atomic E-state index is 11.7. The van der Waals surface area contributed by atoms with Crippen LogP contribution in [0.3, 0.4) is 0 Å². The van der Waals surface area contributed by atoms with Crippen molar-refractivity contribution in [3.05, 3.63) is 41.3 Å². The molecular weight excluding hydrogens is 244 g/mol. The van der Waals surface area contributed by atoms with Crippen molar-refractivity contribution in [1.82, 2.24) is 0 Å². The molecule has 0 bridgehead atoms. The number of benzene rings is 1. The molecule has 0 aliphatic carbocycles. The molecular formula is C14H18N2O3. The van der Waals surface area contributed by atoms with Gasteiger partial charge in [0.25, 0.3) is 0 Å². The number of aliphatic hydroxyl groups excluding tert-OH is 1.